The number of thiocarbonyl (C=S) groups is 1. The smallest absolute Gasteiger partial charge is 0.276 e. The molecule has 1 aliphatic carbocycles. The molecular weight excluding hydrogens is 475 g/mol. The van der Waals surface area contributed by atoms with Gasteiger partial charge in [-0.15, -0.1) is 0 Å². The highest BCUT2D eigenvalue weighted by Gasteiger charge is 2.36. The molecule has 0 unspecified atom stereocenters. The molecular formula is C23H21Cl3N2O2S. The number of carbonyl (C=O) groups is 1. The largest absolute Gasteiger partial charge is 0.486 e. The molecule has 4 nitrogen and oxygen atoms in total. The van der Waals surface area contributed by atoms with Gasteiger partial charge < -0.3 is 10.1 Å². The Bertz CT molecular complexity index is 1010. The van der Waals surface area contributed by atoms with Gasteiger partial charge in [-0.05, 0) is 66.5 Å². The van der Waals surface area contributed by atoms with Crippen LogP contribution in [0.3, 0.4) is 0 Å². The first-order valence-corrected chi connectivity index (χ1v) is 11.7. The van der Waals surface area contributed by atoms with Gasteiger partial charge in [-0.25, -0.2) is 0 Å². The van der Waals surface area contributed by atoms with Gasteiger partial charge in [-0.1, -0.05) is 66.2 Å². The number of nitrogens with one attached hydrogen (secondary N) is 1. The zero-order valence-electron chi connectivity index (χ0n) is 16.7. The Balaban J connectivity index is 1.49. The number of halogens is 3. The number of ether oxygens (including phenoxy) is 1. The Morgan fingerprint density at radius 2 is 1.71 bits per heavy atom. The average molecular weight is 496 g/mol. The minimum absolute atomic E-state index is 0.104. The van der Waals surface area contributed by atoms with Gasteiger partial charge >= 0.3 is 0 Å². The van der Waals surface area contributed by atoms with E-state index in [0.29, 0.717) is 43.8 Å². The minimum Gasteiger partial charge on any atom is -0.486 e. The molecule has 8 heteroatoms. The predicted octanol–water partition coefficient (Wildman–Crippen LogP) is 6.62. The molecule has 0 radical (unpaired) electrons. The monoisotopic (exact) mass is 494 g/mol. The molecule has 2 aromatic rings. The van der Waals surface area contributed by atoms with Crippen LogP contribution in [-0.4, -0.2) is 22.0 Å². The van der Waals surface area contributed by atoms with Gasteiger partial charge in [0.1, 0.15) is 12.3 Å². The lowest BCUT2D eigenvalue weighted by Gasteiger charge is -2.29. The predicted molar refractivity (Wildman–Crippen MR) is 130 cm³/mol. The average Bonchev–Trinajstić information content (AvgIpc) is 3.02. The molecule has 2 aliphatic rings. The Hall–Kier alpha value is -1.79. The quantitative estimate of drug-likeness (QED) is 0.374. The molecule has 1 N–H and O–H groups in total. The number of rotatable bonds is 5. The van der Waals surface area contributed by atoms with Gasteiger partial charge in [-0.2, -0.15) is 0 Å². The second-order valence-electron chi connectivity index (χ2n) is 7.68. The van der Waals surface area contributed by atoms with E-state index in [1.54, 1.807) is 35.2 Å². The first-order chi connectivity index (χ1) is 14.9. The highest BCUT2D eigenvalue weighted by molar-refractivity contribution is 7.80. The molecule has 2 aromatic carbocycles. The molecule has 0 bridgehead atoms. The lowest BCUT2D eigenvalue weighted by atomic mass is 9.94. The summed E-state index contributed by atoms with van der Waals surface area (Å²) in [6.07, 6.45) is 7.15. The maximum atomic E-state index is 12.9. The van der Waals surface area contributed by atoms with Crippen LogP contribution in [-0.2, 0) is 11.4 Å². The van der Waals surface area contributed by atoms with Gasteiger partial charge in [-0.3, -0.25) is 9.69 Å². The van der Waals surface area contributed by atoms with Crippen LogP contribution in [0.5, 0.6) is 5.75 Å². The number of hydrogen-bond donors (Lipinski definition) is 1. The van der Waals surface area contributed by atoms with E-state index in [1.807, 2.05) is 12.1 Å². The highest BCUT2D eigenvalue weighted by Crippen LogP contribution is 2.36. The van der Waals surface area contributed by atoms with Crippen LogP contribution < -0.4 is 10.1 Å². The first-order valence-electron chi connectivity index (χ1n) is 10.1. The van der Waals surface area contributed by atoms with Crippen molar-refractivity contribution < 1.29 is 9.53 Å². The summed E-state index contributed by atoms with van der Waals surface area (Å²) in [6.45, 7) is 0.307. The zero-order chi connectivity index (χ0) is 22.0. The Morgan fingerprint density at radius 1 is 1.06 bits per heavy atom. The van der Waals surface area contributed by atoms with Crippen molar-refractivity contribution in [2.45, 2.75) is 44.8 Å². The van der Waals surface area contributed by atoms with Crippen molar-refractivity contribution in [3.8, 4) is 5.75 Å². The molecule has 162 valence electrons. The summed E-state index contributed by atoms with van der Waals surface area (Å²) in [5.41, 5.74) is 2.07. The van der Waals surface area contributed by atoms with Crippen molar-refractivity contribution in [3.63, 3.8) is 0 Å². The lowest BCUT2D eigenvalue weighted by molar-refractivity contribution is -0.124. The minimum atomic E-state index is -0.104. The third-order valence-corrected chi connectivity index (χ3v) is 6.59. The maximum absolute atomic E-state index is 12.9. The molecule has 2 fully saturated rings. The third-order valence-electron chi connectivity index (χ3n) is 5.48. The van der Waals surface area contributed by atoms with Crippen molar-refractivity contribution in [1.82, 2.24) is 10.2 Å². The van der Waals surface area contributed by atoms with Crippen molar-refractivity contribution in [2.24, 2.45) is 0 Å². The SMILES string of the molecule is O=C1/C(=C/c2cc(Cl)c(OCc3ccc(Cl)cc3)c(Cl)c2)NC(=S)N1C1CCCCC1. The summed E-state index contributed by atoms with van der Waals surface area (Å²) in [5, 5.41) is 4.90. The molecule has 4 rings (SSSR count). The van der Waals surface area contributed by atoms with Gasteiger partial charge in [0, 0.05) is 11.1 Å². The van der Waals surface area contributed by atoms with E-state index in [-0.39, 0.29) is 11.9 Å². The van der Waals surface area contributed by atoms with Crippen LogP contribution in [0.15, 0.2) is 42.1 Å². The van der Waals surface area contributed by atoms with Crippen LogP contribution in [0.2, 0.25) is 15.1 Å². The van der Waals surface area contributed by atoms with Gasteiger partial charge in [0.25, 0.3) is 5.91 Å². The molecule has 1 saturated carbocycles. The Labute approximate surface area is 202 Å². The van der Waals surface area contributed by atoms with E-state index in [9.17, 15) is 4.79 Å². The maximum Gasteiger partial charge on any atom is 0.276 e. The fourth-order valence-electron chi connectivity index (χ4n) is 3.92. The molecule has 1 aliphatic heterocycles. The van der Waals surface area contributed by atoms with E-state index in [4.69, 9.17) is 51.8 Å². The molecule has 1 amide bonds. The molecule has 31 heavy (non-hydrogen) atoms. The Kier molecular flexibility index (Phi) is 7.07. The van der Waals surface area contributed by atoms with Crippen molar-refractivity contribution in [3.05, 3.63) is 68.3 Å². The van der Waals surface area contributed by atoms with E-state index < -0.39 is 0 Å². The van der Waals surface area contributed by atoms with E-state index in [2.05, 4.69) is 5.32 Å². The molecule has 0 spiro atoms. The van der Waals surface area contributed by atoms with E-state index in [1.165, 1.54) is 6.42 Å². The number of hydrogen-bond acceptors (Lipinski definition) is 3. The second kappa shape index (κ2) is 9.78. The highest BCUT2D eigenvalue weighted by atomic mass is 35.5. The summed E-state index contributed by atoms with van der Waals surface area (Å²) < 4.78 is 5.81. The second-order valence-corrected chi connectivity index (χ2v) is 9.32. The summed E-state index contributed by atoms with van der Waals surface area (Å²) in [4.78, 5) is 14.7. The van der Waals surface area contributed by atoms with Crippen molar-refractivity contribution >= 4 is 64.1 Å². The zero-order valence-corrected chi connectivity index (χ0v) is 19.8. The molecule has 1 saturated heterocycles. The first kappa shape index (κ1) is 22.4. The fourth-order valence-corrected chi connectivity index (χ4v) is 5.00. The van der Waals surface area contributed by atoms with Crippen LogP contribution >= 0.6 is 47.0 Å². The normalized spacial score (nSPS) is 18.5. The molecule has 0 atom stereocenters. The van der Waals surface area contributed by atoms with Crippen LogP contribution in [0.4, 0.5) is 0 Å². The molecule has 1 heterocycles. The van der Waals surface area contributed by atoms with Gasteiger partial charge in [0.15, 0.2) is 10.9 Å². The van der Waals surface area contributed by atoms with Crippen LogP contribution in [0.1, 0.15) is 43.2 Å². The molecule has 0 aromatic heterocycles. The van der Waals surface area contributed by atoms with Crippen LogP contribution in [0.25, 0.3) is 6.08 Å². The summed E-state index contributed by atoms with van der Waals surface area (Å²) in [5.74, 6) is 0.290. The van der Waals surface area contributed by atoms with Gasteiger partial charge in [0.2, 0.25) is 0 Å². The lowest BCUT2D eigenvalue weighted by Crippen LogP contribution is -2.41. The summed E-state index contributed by atoms with van der Waals surface area (Å²) in [6, 6.07) is 11.0. The van der Waals surface area contributed by atoms with E-state index >= 15 is 0 Å². The van der Waals surface area contributed by atoms with Crippen LogP contribution in [0, 0.1) is 0 Å². The third kappa shape index (κ3) is 5.17. The Morgan fingerprint density at radius 3 is 2.35 bits per heavy atom. The fraction of sp³-hybridized carbons (Fsp3) is 0.304. The topological polar surface area (TPSA) is 41.6 Å². The number of benzene rings is 2. The number of nitrogens with zero attached hydrogens (tertiary/aromatic N) is 1. The van der Waals surface area contributed by atoms with E-state index in [0.717, 1.165) is 31.2 Å². The van der Waals surface area contributed by atoms with Crippen molar-refractivity contribution in [1.29, 1.82) is 0 Å². The summed E-state index contributed by atoms with van der Waals surface area (Å²) >= 11 is 24.2. The van der Waals surface area contributed by atoms with Gasteiger partial charge in [0.05, 0.1) is 10.0 Å². The summed E-state index contributed by atoms with van der Waals surface area (Å²) in [7, 11) is 0. The number of amides is 1. The standard InChI is InChI=1S/C23H21Cl3N2O2S/c24-16-8-6-14(7-9-16)13-30-21-18(25)10-15(11-19(21)26)12-20-22(29)28(23(31)27-20)17-4-2-1-3-5-17/h6-12,17H,1-5,13H2,(H,27,31)/b20-12-. The van der Waals surface area contributed by atoms with Crippen molar-refractivity contribution in [2.75, 3.05) is 0 Å². The number of carbonyl (C=O) groups excluding carboxylic acids is 1.